The van der Waals surface area contributed by atoms with Crippen LogP contribution in [0.25, 0.3) is 0 Å². The van der Waals surface area contributed by atoms with E-state index in [4.69, 9.17) is 5.73 Å². The summed E-state index contributed by atoms with van der Waals surface area (Å²) in [6.07, 6.45) is 1.97. The second-order valence-electron chi connectivity index (χ2n) is 4.20. The number of hydrogen-bond donors (Lipinski definition) is 2. The molecule has 0 bridgehead atoms. The Bertz CT molecular complexity index is 437. The molecule has 4 nitrogen and oxygen atoms in total. The average molecular weight is 299 g/mol. The molecule has 0 spiro atoms. The largest absolute Gasteiger partial charge is 0.394 e. The summed E-state index contributed by atoms with van der Waals surface area (Å²) in [5.41, 5.74) is 6.69. The molecule has 1 amide bonds. The molecule has 1 aromatic carbocycles. The van der Waals surface area contributed by atoms with Crippen molar-refractivity contribution in [2.24, 2.45) is 5.73 Å². The van der Waals surface area contributed by atoms with Gasteiger partial charge in [0.2, 0.25) is 0 Å². The van der Waals surface area contributed by atoms with Crippen molar-refractivity contribution in [3.8, 4) is 0 Å². The van der Waals surface area contributed by atoms with Crippen LogP contribution in [0.1, 0.15) is 23.2 Å². The van der Waals surface area contributed by atoms with E-state index in [1.165, 1.54) is 0 Å². The molecule has 17 heavy (non-hydrogen) atoms. The first kappa shape index (κ1) is 12.4. The number of carbonyl (C=O) groups excluding carboxylic acids is 1. The van der Waals surface area contributed by atoms with E-state index >= 15 is 0 Å². The van der Waals surface area contributed by atoms with Crippen LogP contribution in [0.5, 0.6) is 0 Å². The zero-order valence-electron chi connectivity index (χ0n) is 9.40. The molecular formula is C12H15BrN2O2. The maximum atomic E-state index is 11.4. The lowest BCUT2D eigenvalue weighted by Crippen LogP contribution is -2.33. The van der Waals surface area contributed by atoms with Crippen molar-refractivity contribution < 1.29 is 9.90 Å². The highest BCUT2D eigenvalue weighted by Gasteiger charge is 2.26. The number of benzene rings is 1. The Kier molecular flexibility index (Phi) is 3.69. The third-order valence-corrected chi connectivity index (χ3v) is 3.62. The highest BCUT2D eigenvalue weighted by Crippen LogP contribution is 2.30. The van der Waals surface area contributed by atoms with E-state index in [9.17, 15) is 9.90 Å². The molecule has 2 rings (SSSR count). The summed E-state index contributed by atoms with van der Waals surface area (Å²) < 4.78 is 0.904. The van der Waals surface area contributed by atoms with Gasteiger partial charge in [0.1, 0.15) is 0 Å². The molecule has 1 aliphatic heterocycles. The van der Waals surface area contributed by atoms with Gasteiger partial charge in [-0.05, 0) is 31.0 Å². The summed E-state index contributed by atoms with van der Waals surface area (Å²) in [6, 6.07) is 5.48. The Hall–Kier alpha value is -1.07. The number of anilines is 1. The number of aliphatic hydroxyl groups is 1. The molecule has 1 aromatic rings. The molecule has 1 fully saturated rings. The Morgan fingerprint density at radius 3 is 3.00 bits per heavy atom. The predicted molar refractivity (Wildman–Crippen MR) is 70.1 cm³/mol. The van der Waals surface area contributed by atoms with Gasteiger partial charge in [0.15, 0.2) is 0 Å². The van der Waals surface area contributed by atoms with E-state index in [1.54, 1.807) is 12.1 Å². The van der Waals surface area contributed by atoms with Crippen molar-refractivity contribution in [2.45, 2.75) is 18.9 Å². The zero-order chi connectivity index (χ0) is 12.4. The molecule has 0 saturated carbocycles. The number of rotatable bonds is 3. The summed E-state index contributed by atoms with van der Waals surface area (Å²) in [5.74, 6) is -0.434. The molecule has 1 saturated heterocycles. The number of carbonyl (C=O) groups is 1. The van der Waals surface area contributed by atoms with E-state index in [0.717, 1.165) is 29.5 Å². The summed E-state index contributed by atoms with van der Waals surface area (Å²) in [7, 11) is 0. The van der Waals surface area contributed by atoms with E-state index in [1.807, 2.05) is 6.07 Å². The number of nitrogens with zero attached hydrogens (tertiary/aromatic N) is 1. The fraction of sp³-hybridized carbons (Fsp3) is 0.417. The van der Waals surface area contributed by atoms with Crippen molar-refractivity contribution >= 4 is 27.5 Å². The third kappa shape index (κ3) is 2.45. The van der Waals surface area contributed by atoms with Crippen LogP contribution in [0.4, 0.5) is 5.69 Å². The highest BCUT2D eigenvalue weighted by molar-refractivity contribution is 9.10. The summed E-state index contributed by atoms with van der Waals surface area (Å²) >= 11 is 3.39. The van der Waals surface area contributed by atoms with Crippen LogP contribution in [0.2, 0.25) is 0 Å². The first-order valence-electron chi connectivity index (χ1n) is 5.60. The second kappa shape index (κ2) is 5.06. The number of primary amides is 1. The normalized spacial score (nSPS) is 19.6. The van der Waals surface area contributed by atoms with Gasteiger partial charge in [-0.25, -0.2) is 0 Å². The van der Waals surface area contributed by atoms with Gasteiger partial charge in [-0.15, -0.1) is 0 Å². The lowest BCUT2D eigenvalue weighted by Gasteiger charge is -2.27. The predicted octanol–water partition coefficient (Wildman–Crippen LogP) is 1.51. The number of amides is 1. The van der Waals surface area contributed by atoms with Crippen molar-refractivity contribution in [3.63, 3.8) is 0 Å². The van der Waals surface area contributed by atoms with Gasteiger partial charge in [-0.2, -0.15) is 0 Å². The molecule has 1 aliphatic rings. The van der Waals surface area contributed by atoms with Gasteiger partial charge in [0.25, 0.3) is 5.91 Å². The van der Waals surface area contributed by atoms with Gasteiger partial charge >= 0.3 is 0 Å². The molecule has 3 N–H and O–H groups in total. The van der Waals surface area contributed by atoms with E-state index in [0.29, 0.717) is 5.56 Å². The smallest absolute Gasteiger partial charge is 0.250 e. The Morgan fingerprint density at radius 2 is 2.35 bits per heavy atom. The molecule has 0 unspecified atom stereocenters. The van der Waals surface area contributed by atoms with E-state index < -0.39 is 5.91 Å². The van der Waals surface area contributed by atoms with E-state index in [2.05, 4.69) is 20.8 Å². The Balaban J connectivity index is 2.42. The van der Waals surface area contributed by atoms with Crippen LogP contribution in [0.3, 0.4) is 0 Å². The molecule has 0 aromatic heterocycles. The fourth-order valence-corrected chi connectivity index (χ4v) is 2.64. The minimum Gasteiger partial charge on any atom is -0.394 e. The van der Waals surface area contributed by atoms with Crippen molar-refractivity contribution in [3.05, 3.63) is 28.2 Å². The van der Waals surface area contributed by atoms with Gasteiger partial charge in [0.05, 0.1) is 23.9 Å². The van der Waals surface area contributed by atoms with Crippen LogP contribution in [-0.2, 0) is 0 Å². The van der Waals surface area contributed by atoms with Gasteiger partial charge in [-0.1, -0.05) is 15.9 Å². The maximum Gasteiger partial charge on any atom is 0.250 e. The monoisotopic (exact) mass is 298 g/mol. The highest BCUT2D eigenvalue weighted by atomic mass is 79.9. The van der Waals surface area contributed by atoms with Crippen molar-refractivity contribution in [1.29, 1.82) is 0 Å². The van der Waals surface area contributed by atoms with Gasteiger partial charge in [0, 0.05) is 11.0 Å². The maximum absolute atomic E-state index is 11.4. The van der Waals surface area contributed by atoms with Crippen LogP contribution >= 0.6 is 15.9 Å². The quantitative estimate of drug-likeness (QED) is 0.889. The number of nitrogens with two attached hydrogens (primary N) is 1. The van der Waals surface area contributed by atoms with Crippen LogP contribution in [0.15, 0.2) is 22.7 Å². The standard InChI is InChI=1S/C12H15BrN2O2/c13-8-3-4-10(12(14)17)11(6-8)15-5-1-2-9(15)7-16/h3-4,6,9,16H,1-2,5,7H2,(H2,14,17)/t9-/m1/s1. The summed E-state index contributed by atoms with van der Waals surface area (Å²) in [6.45, 7) is 0.951. The van der Waals surface area contributed by atoms with Crippen molar-refractivity contribution in [2.75, 3.05) is 18.1 Å². The number of aliphatic hydroxyl groups excluding tert-OH is 1. The second-order valence-corrected chi connectivity index (χ2v) is 5.11. The molecule has 5 heteroatoms. The topological polar surface area (TPSA) is 66.6 Å². The molecule has 0 aliphatic carbocycles. The Morgan fingerprint density at radius 1 is 1.59 bits per heavy atom. The molecular weight excluding hydrogens is 284 g/mol. The first-order chi connectivity index (χ1) is 8.13. The number of hydrogen-bond acceptors (Lipinski definition) is 3. The van der Waals surface area contributed by atoms with Gasteiger partial charge in [-0.3, -0.25) is 4.79 Å². The fourth-order valence-electron chi connectivity index (χ4n) is 2.29. The molecule has 1 atom stereocenters. The molecule has 1 heterocycles. The minimum absolute atomic E-state index is 0.0856. The number of halogens is 1. The third-order valence-electron chi connectivity index (χ3n) is 3.12. The lowest BCUT2D eigenvalue weighted by atomic mass is 10.1. The minimum atomic E-state index is -0.434. The van der Waals surface area contributed by atoms with Crippen LogP contribution in [-0.4, -0.2) is 30.2 Å². The summed E-state index contributed by atoms with van der Waals surface area (Å²) in [4.78, 5) is 13.5. The van der Waals surface area contributed by atoms with E-state index in [-0.39, 0.29) is 12.6 Å². The molecule has 92 valence electrons. The Labute approximate surface area is 109 Å². The van der Waals surface area contributed by atoms with Gasteiger partial charge < -0.3 is 15.7 Å². The SMILES string of the molecule is NC(=O)c1ccc(Br)cc1N1CCC[C@@H]1CO. The molecule has 0 radical (unpaired) electrons. The van der Waals surface area contributed by atoms with Crippen LogP contribution < -0.4 is 10.6 Å². The first-order valence-corrected chi connectivity index (χ1v) is 6.39. The summed E-state index contributed by atoms with van der Waals surface area (Å²) in [5, 5.41) is 9.33. The lowest BCUT2D eigenvalue weighted by molar-refractivity contribution is 0.100. The van der Waals surface area contributed by atoms with Crippen molar-refractivity contribution in [1.82, 2.24) is 0 Å². The van der Waals surface area contributed by atoms with Crippen LogP contribution in [0, 0.1) is 0 Å². The average Bonchev–Trinajstić information content (AvgIpc) is 2.76. The zero-order valence-corrected chi connectivity index (χ0v) is 11.0.